The SMILES string of the molecule is CNC(=O)C(Cc1ccccc1)N(Cc1ccc(Cl)cc1)C(=O)CN(c1cc(OC)ccc1OC)S(=O)(=O)c1ccc(C)cc1. The van der Waals surface area contributed by atoms with Crippen molar-refractivity contribution in [2.45, 2.75) is 30.8 Å². The van der Waals surface area contributed by atoms with Crippen molar-refractivity contribution in [2.75, 3.05) is 32.1 Å². The maximum atomic E-state index is 14.5. The third-order valence-corrected chi connectivity index (χ3v) is 9.35. The number of likely N-dealkylation sites (N-methyl/N-ethyl adjacent to an activating group) is 1. The van der Waals surface area contributed by atoms with E-state index in [2.05, 4.69) is 5.32 Å². The number of carbonyl (C=O) groups is 2. The Bertz CT molecular complexity index is 1720. The van der Waals surface area contributed by atoms with Crippen molar-refractivity contribution < 1.29 is 27.5 Å². The van der Waals surface area contributed by atoms with Gasteiger partial charge in [0, 0.05) is 31.1 Å². The Kier molecular flexibility index (Phi) is 11.1. The summed E-state index contributed by atoms with van der Waals surface area (Å²) < 4.78 is 40.5. The van der Waals surface area contributed by atoms with Crippen molar-refractivity contribution in [1.29, 1.82) is 0 Å². The molecule has 236 valence electrons. The van der Waals surface area contributed by atoms with E-state index >= 15 is 0 Å². The summed E-state index contributed by atoms with van der Waals surface area (Å²) in [4.78, 5) is 29.3. The molecule has 0 fully saturated rings. The smallest absolute Gasteiger partial charge is 0.264 e. The van der Waals surface area contributed by atoms with E-state index in [1.807, 2.05) is 37.3 Å². The molecule has 0 saturated heterocycles. The first kappa shape index (κ1) is 33.4. The maximum Gasteiger partial charge on any atom is 0.264 e. The van der Waals surface area contributed by atoms with Crippen LogP contribution in [0.25, 0.3) is 0 Å². The third-order valence-electron chi connectivity index (χ3n) is 7.33. The minimum absolute atomic E-state index is 0.0119. The summed E-state index contributed by atoms with van der Waals surface area (Å²) in [6, 6.07) is 26.3. The first-order chi connectivity index (χ1) is 21.6. The Morgan fingerprint density at radius 1 is 0.867 bits per heavy atom. The number of ether oxygens (including phenoxy) is 2. The largest absolute Gasteiger partial charge is 0.497 e. The second-order valence-electron chi connectivity index (χ2n) is 10.3. The van der Waals surface area contributed by atoms with Gasteiger partial charge in [0.1, 0.15) is 24.1 Å². The van der Waals surface area contributed by atoms with Crippen molar-refractivity contribution >= 4 is 39.1 Å². The molecule has 0 radical (unpaired) electrons. The van der Waals surface area contributed by atoms with E-state index in [0.29, 0.717) is 16.3 Å². The van der Waals surface area contributed by atoms with Crippen LogP contribution in [0.15, 0.2) is 102 Å². The number of sulfonamides is 1. The van der Waals surface area contributed by atoms with E-state index in [4.69, 9.17) is 21.1 Å². The quantitative estimate of drug-likeness (QED) is 0.212. The number of benzene rings is 4. The van der Waals surface area contributed by atoms with Crippen molar-refractivity contribution in [2.24, 2.45) is 0 Å². The third kappa shape index (κ3) is 8.14. The molecule has 11 heteroatoms. The fourth-order valence-corrected chi connectivity index (χ4v) is 6.39. The molecule has 0 aliphatic carbocycles. The molecule has 4 rings (SSSR count). The lowest BCUT2D eigenvalue weighted by molar-refractivity contribution is -0.139. The van der Waals surface area contributed by atoms with Gasteiger partial charge < -0.3 is 19.7 Å². The van der Waals surface area contributed by atoms with Gasteiger partial charge in [-0.1, -0.05) is 71.8 Å². The summed E-state index contributed by atoms with van der Waals surface area (Å²) in [5.41, 5.74) is 2.52. The van der Waals surface area contributed by atoms with E-state index in [-0.39, 0.29) is 29.3 Å². The van der Waals surface area contributed by atoms with Gasteiger partial charge in [0.25, 0.3) is 10.0 Å². The Balaban J connectivity index is 1.85. The van der Waals surface area contributed by atoms with Gasteiger partial charge in [-0.05, 0) is 54.4 Å². The summed E-state index contributed by atoms with van der Waals surface area (Å²) >= 11 is 6.12. The lowest BCUT2D eigenvalue weighted by atomic mass is 10.0. The molecule has 0 spiro atoms. The van der Waals surface area contributed by atoms with Gasteiger partial charge in [-0.2, -0.15) is 0 Å². The number of amides is 2. The number of hydrogen-bond acceptors (Lipinski definition) is 6. The number of aryl methyl sites for hydroxylation is 1. The van der Waals surface area contributed by atoms with Crippen LogP contribution >= 0.6 is 11.6 Å². The van der Waals surface area contributed by atoms with Gasteiger partial charge in [0.05, 0.1) is 24.8 Å². The fourth-order valence-electron chi connectivity index (χ4n) is 4.85. The summed E-state index contributed by atoms with van der Waals surface area (Å²) in [5.74, 6) is -0.411. The van der Waals surface area contributed by atoms with Gasteiger partial charge in [-0.3, -0.25) is 13.9 Å². The van der Waals surface area contributed by atoms with Crippen LogP contribution in [0.3, 0.4) is 0 Å². The predicted molar refractivity (Wildman–Crippen MR) is 175 cm³/mol. The zero-order valence-corrected chi connectivity index (χ0v) is 27.1. The molecule has 1 atom stereocenters. The molecule has 0 aliphatic heterocycles. The molecule has 4 aromatic rings. The Morgan fingerprint density at radius 2 is 1.53 bits per heavy atom. The van der Waals surface area contributed by atoms with Crippen LogP contribution in [0.4, 0.5) is 5.69 Å². The molecule has 1 unspecified atom stereocenters. The average Bonchev–Trinajstić information content (AvgIpc) is 3.05. The van der Waals surface area contributed by atoms with Crippen molar-refractivity contribution in [3.8, 4) is 11.5 Å². The molecule has 0 aromatic heterocycles. The van der Waals surface area contributed by atoms with E-state index in [1.54, 1.807) is 48.5 Å². The molecule has 1 N–H and O–H groups in total. The second-order valence-corrected chi connectivity index (χ2v) is 12.6. The summed E-state index contributed by atoms with van der Waals surface area (Å²) in [7, 11) is 0.0610. The molecular weight excluding hydrogens is 614 g/mol. The molecule has 9 nitrogen and oxygen atoms in total. The fraction of sp³-hybridized carbons (Fsp3) is 0.235. The highest BCUT2D eigenvalue weighted by Crippen LogP contribution is 2.36. The summed E-state index contributed by atoms with van der Waals surface area (Å²) in [6.45, 7) is 1.24. The number of anilines is 1. The average molecular weight is 650 g/mol. The van der Waals surface area contributed by atoms with Crippen LogP contribution in [0.2, 0.25) is 5.02 Å². The standard InChI is InChI=1S/C34H36ClN3O6S/c1-24-10-17-29(18-11-24)45(41,42)38(30-21-28(43-3)16-19-32(30)44-4)23-33(39)37(22-26-12-14-27(35)15-13-26)31(34(40)36-2)20-25-8-6-5-7-9-25/h5-19,21,31H,20,22-23H2,1-4H3,(H,36,40). The molecule has 2 amide bonds. The van der Waals surface area contributed by atoms with Crippen molar-refractivity contribution in [3.63, 3.8) is 0 Å². The van der Waals surface area contributed by atoms with Crippen LogP contribution in [0.5, 0.6) is 11.5 Å². The number of carbonyl (C=O) groups excluding carboxylic acids is 2. The lowest BCUT2D eigenvalue weighted by Crippen LogP contribution is -2.53. The highest BCUT2D eigenvalue weighted by atomic mass is 35.5. The minimum atomic E-state index is -4.31. The van der Waals surface area contributed by atoms with Crippen molar-refractivity contribution in [1.82, 2.24) is 10.2 Å². The number of nitrogens with one attached hydrogen (secondary N) is 1. The first-order valence-corrected chi connectivity index (χ1v) is 16.0. The van der Waals surface area contributed by atoms with Crippen LogP contribution < -0.4 is 19.1 Å². The number of hydrogen-bond donors (Lipinski definition) is 1. The highest BCUT2D eigenvalue weighted by Gasteiger charge is 2.35. The van der Waals surface area contributed by atoms with Crippen LogP contribution in [-0.4, -0.2) is 59.0 Å². The van der Waals surface area contributed by atoms with Gasteiger partial charge in [-0.15, -0.1) is 0 Å². The maximum absolute atomic E-state index is 14.5. The molecule has 0 bridgehead atoms. The molecule has 0 heterocycles. The van der Waals surface area contributed by atoms with Crippen LogP contribution in [0, 0.1) is 6.92 Å². The lowest BCUT2D eigenvalue weighted by Gasteiger charge is -2.34. The number of halogens is 1. The van der Waals surface area contributed by atoms with E-state index < -0.39 is 34.4 Å². The van der Waals surface area contributed by atoms with Crippen molar-refractivity contribution in [3.05, 3.63) is 119 Å². The number of nitrogens with zero attached hydrogens (tertiary/aromatic N) is 2. The Morgan fingerprint density at radius 3 is 2.13 bits per heavy atom. The summed E-state index contributed by atoms with van der Waals surface area (Å²) in [5, 5.41) is 3.19. The van der Waals surface area contributed by atoms with Gasteiger partial charge >= 0.3 is 0 Å². The van der Waals surface area contributed by atoms with E-state index in [9.17, 15) is 18.0 Å². The van der Waals surface area contributed by atoms with Gasteiger partial charge in [0.15, 0.2) is 0 Å². The molecule has 0 saturated carbocycles. The summed E-state index contributed by atoms with van der Waals surface area (Å²) in [6.07, 6.45) is 0.201. The monoisotopic (exact) mass is 649 g/mol. The predicted octanol–water partition coefficient (Wildman–Crippen LogP) is 5.25. The minimum Gasteiger partial charge on any atom is -0.497 e. The zero-order valence-electron chi connectivity index (χ0n) is 25.6. The first-order valence-electron chi connectivity index (χ1n) is 14.2. The highest BCUT2D eigenvalue weighted by molar-refractivity contribution is 7.92. The zero-order chi connectivity index (χ0) is 32.6. The normalized spacial score (nSPS) is 11.8. The molecule has 4 aromatic carbocycles. The van der Waals surface area contributed by atoms with Gasteiger partial charge in [0.2, 0.25) is 11.8 Å². The van der Waals surface area contributed by atoms with Crippen LogP contribution in [0.1, 0.15) is 16.7 Å². The van der Waals surface area contributed by atoms with E-state index in [0.717, 1.165) is 15.4 Å². The second kappa shape index (κ2) is 15.0. The van der Waals surface area contributed by atoms with Gasteiger partial charge in [-0.25, -0.2) is 8.42 Å². The Hall–Kier alpha value is -4.54. The number of rotatable bonds is 13. The number of methoxy groups -OCH3 is 2. The Labute approximate surface area is 269 Å². The van der Waals surface area contributed by atoms with Crippen LogP contribution in [-0.2, 0) is 32.6 Å². The topological polar surface area (TPSA) is 105 Å². The molecular formula is C34H36ClN3O6S. The molecule has 45 heavy (non-hydrogen) atoms. The molecule has 0 aliphatic rings. The van der Waals surface area contributed by atoms with E-state index in [1.165, 1.54) is 44.4 Å².